The maximum Gasteiger partial charge on any atom is 0.340 e. The number of aromatic hydroxyl groups is 1. The molecule has 1 N–H and O–H groups in total. The Balaban J connectivity index is 2.20. The Bertz CT molecular complexity index is 1190. The maximum atomic E-state index is 12.7. The second-order valence-corrected chi connectivity index (χ2v) is 7.25. The lowest BCUT2D eigenvalue weighted by Crippen LogP contribution is -2.07. The molecule has 4 nitrogen and oxygen atoms in total. The van der Waals surface area contributed by atoms with E-state index in [1.54, 1.807) is 13.0 Å². The van der Waals surface area contributed by atoms with Crippen molar-refractivity contribution in [2.24, 2.45) is 0 Å². The van der Waals surface area contributed by atoms with Crippen molar-refractivity contribution >= 4 is 43.6 Å². The van der Waals surface area contributed by atoms with Crippen LogP contribution in [0.5, 0.6) is 5.75 Å². The fourth-order valence-electron chi connectivity index (χ4n) is 3.65. The fourth-order valence-corrected chi connectivity index (χ4v) is 4.03. The van der Waals surface area contributed by atoms with E-state index in [0.29, 0.717) is 17.6 Å². The van der Waals surface area contributed by atoms with Gasteiger partial charge in [0.2, 0.25) is 0 Å². The molecular formula is C22H18BrNO3. The van der Waals surface area contributed by atoms with Gasteiger partial charge < -0.3 is 14.4 Å². The van der Waals surface area contributed by atoms with E-state index >= 15 is 0 Å². The highest BCUT2D eigenvalue weighted by Crippen LogP contribution is 2.39. The van der Waals surface area contributed by atoms with E-state index in [9.17, 15) is 9.90 Å². The number of halogens is 1. The van der Waals surface area contributed by atoms with Crippen molar-refractivity contribution in [1.29, 1.82) is 0 Å². The van der Waals surface area contributed by atoms with Gasteiger partial charge in [-0.25, -0.2) is 4.79 Å². The molecule has 1 aromatic heterocycles. The number of hydrogen-bond donors (Lipinski definition) is 1. The Kier molecular flexibility index (Phi) is 4.40. The number of benzene rings is 3. The van der Waals surface area contributed by atoms with Gasteiger partial charge in [-0.15, -0.1) is 0 Å². The van der Waals surface area contributed by atoms with Crippen molar-refractivity contribution in [1.82, 2.24) is 4.57 Å². The number of nitrogens with zero attached hydrogens (tertiary/aromatic N) is 1. The number of rotatable bonds is 3. The van der Waals surface area contributed by atoms with Gasteiger partial charge in [-0.1, -0.05) is 46.3 Å². The summed E-state index contributed by atoms with van der Waals surface area (Å²) in [6.45, 7) is 3.98. The Labute approximate surface area is 165 Å². The zero-order valence-electron chi connectivity index (χ0n) is 15.0. The topological polar surface area (TPSA) is 51.5 Å². The van der Waals surface area contributed by atoms with Gasteiger partial charge in [-0.05, 0) is 38.1 Å². The number of phenols is 1. The summed E-state index contributed by atoms with van der Waals surface area (Å²) >= 11 is 3.53. The maximum absolute atomic E-state index is 12.7. The van der Waals surface area contributed by atoms with E-state index in [-0.39, 0.29) is 11.7 Å². The van der Waals surface area contributed by atoms with Crippen molar-refractivity contribution in [3.05, 3.63) is 70.3 Å². The Morgan fingerprint density at radius 3 is 2.52 bits per heavy atom. The average Bonchev–Trinajstić information content (AvgIpc) is 2.94. The Hall–Kier alpha value is -2.79. The average molecular weight is 424 g/mol. The number of esters is 1. The smallest absolute Gasteiger partial charge is 0.340 e. The van der Waals surface area contributed by atoms with Crippen LogP contribution in [0.2, 0.25) is 0 Å². The lowest BCUT2D eigenvalue weighted by atomic mass is 10.0. The van der Waals surface area contributed by atoms with Crippen molar-refractivity contribution < 1.29 is 14.6 Å². The van der Waals surface area contributed by atoms with E-state index in [1.165, 1.54) is 0 Å². The van der Waals surface area contributed by atoms with Crippen LogP contribution >= 0.6 is 15.9 Å². The number of carbonyl (C=O) groups excluding carboxylic acids is 1. The molecule has 0 fully saturated rings. The van der Waals surface area contributed by atoms with Crippen LogP contribution in [0.1, 0.15) is 23.0 Å². The minimum absolute atomic E-state index is 0.148. The quantitative estimate of drug-likeness (QED) is 0.427. The van der Waals surface area contributed by atoms with Crippen LogP contribution in [0.3, 0.4) is 0 Å². The molecule has 0 aliphatic heterocycles. The summed E-state index contributed by atoms with van der Waals surface area (Å²) in [5.74, 6) is -0.238. The molecule has 27 heavy (non-hydrogen) atoms. The molecule has 0 radical (unpaired) electrons. The first-order chi connectivity index (χ1) is 13.0. The zero-order valence-corrected chi connectivity index (χ0v) is 16.6. The standard InChI is InChI=1S/C22H18BrNO3/c1-3-27-22(26)20-13(2)24(15-8-6-7-14(23)11-15)21-17-10-5-4-9-16(17)19(25)12-18(20)21/h4-12,25H,3H2,1-2H3. The Morgan fingerprint density at radius 2 is 1.81 bits per heavy atom. The molecule has 0 amide bonds. The van der Waals surface area contributed by atoms with Crippen LogP contribution in [-0.4, -0.2) is 22.2 Å². The van der Waals surface area contributed by atoms with E-state index in [4.69, 9.17) is 4.74 Å². The molecule has 3 aromatic carbocycles. The zero-order chi connectivity index (χ0) is 19.1. The van der Waals surface area contributed by atoms with Crippen LogP contribution in [0.15, 0.2) is 59.1 Å². The second-order valence-electron chi connectivity index (χ2n) is 6.33. The fraction of sp³-hybridized carbons (Fsp3) is 0.136. The van der Waals surface area contributed by atoms with Crippen LogP contribution in [0.4, 0.5) is 0 Å². The second kappa shape index (κ2) is 6.74. The van der Waals surface area contributed by atoms with E-state index in [1.807, 2.05) is 60.0 Å². The van der Waals surface area contributed by atoms with Crippen molar-refractivity contribution in [3.8, 4) is 11.4 Å². The van der Waals surface area contributed by atoms with Crippen LogP contribution < -0.4 is 0 Å². The molecule has 5 heteroatoms. The minimum Gasteiger partial charge on any atom is -0.507 e. The van der Waals surface area contributed by atoms with Gasteiger partial charge in [0.1, 0.15) is 5.75 Å². The molecule has 4 aromatic rings. The number of ether oxygens (including phenoxy) is 1. The van der Waals surface area contributed by atoms with Gasteiger partial charge in [0.15, 0.2) is 0 Å². The minimum atomic E-state index is -0.386. The lowest BCUT2D eigenvalue weighted by Gasteiger charge is -2.11. The van der Waals surface area contributed by atoms with Gasteiger partial charge in [-0.2, -0.15) is 0 Å². The van der Waals surface area contributed by atoms with Gasteiger partial charge in [0.25, 0.3) is 0 Å². The summed E-state index contributed by atoms with van der Waals surface area (Å²) in [7, 11) is 0. The van der Waals surface area contributed by atoms with Gasteiger partial charge in [-0.3, -0.25) is 0 Å². The van der Waals surface area contributed by atoms with E-state index in [2.05, 4.69) is 15.9 Å². The molecular weight excluding hydrogens is 406 g/mol. The predicted octanol–water partition coefficient (Wildman–Crippen LogP) is 5.74. The van der Waals surface area contributed by atoms with Crippen molar-refractivity contribution in [2.75, 3.05) is 6.61 Å². The lowest BCUT2D eigenvalue weighted by molar-refractivity contribution is 0.0527. The molecule has 0 aliphatic carbocycles. The summed E-state index contributed by atoms with van der Waals surface area (Å²) in [6, 6.07) is 17.2. The van der Waals surface area contributed by atoms with Crippen LogP contribution in [0.25, 0.3) is 27.4 Å². The number of carbonyl (C=O) groups is 1. The first kappa shape index (κ1) is 17.6. The summed E-state index contributed by atoms with van der Waals surface area (Å²) in [5.41, 5.74) is 3.06. The van der Waals surface area contributed by atoms with E-state index < -0.39 is 0 Å². The molecule has 0 atom stereocenters. The number of aromatic nitrogens is 1. The monoisotopic (exact) mass is 423 g/mol. The highest BCUT2D eigenvalue weighted by molar-refractivity contribution is 9.10. The largest absolute Gasteiger partial charge is 0.507 e. The van der Waals surface area contributed by atoms with Gasteiger partial charge >= 0.3 is 5.97 Å². The molecule has 0 saturated heterocycles. The number of fused-ring (bicyclic) bond motifs is 3. The summed E-state index contributed by atoms with van der Waals surface area (Å²) in [4.78, 5) is 12.7. The Morgan fingerprint density at radius 1 is 1.07 bits per heavy atom. The highest BCUT2D eigenvalue weighted by Gasteiger charge is 2.24. The summed E-state index contributed by atoms with van der Waals surface area (Å²) in [6.07, 6.45) is 0. The normalized spacial score (nSPS) is 11.2. The van der Waals surface area contributed by atoms with Gasteiger partial charge in [0, 0.05) is 32.0 Å². The molecule has 1 heterocycles. The first-order valence-electron chi connectivity index (χ1n) is 8.71. The van der Waals surface area contributed by atoms with Gasteiger partial charge in [0.05, 0.1) is 17.7 Å². The van der Waals surface area contributed by atoms with Crippen LogP contribution in [-0.2, 0) is 4.74 Å². The molecule has 0 spiro atoms. The number of hydrogen-bond acceptors (Lipinski definition) is 3. The van der Waals surface area contributed by atoms with Crippen LogP contribution in [0, 0.1) is 6.92 Å². The predicted molar refractivity (Wildman–Crippen MR) is 111 cm³/mol. The first-order valence-corrected chi connectivity index (χ1v) is 9.51. The van der Waals surface area contributed by atoms with E-state index in [0.717, 1.165) is 32.1 Å². The summed E-state index contributed by atoms with van der Waals surface area (Å²) in [5, 5.41) is 12.9. The van der Waals surface area contributed by atoms with Crippen molar-refractivity contribution in [3.63, 3.8) is 0 Å². The number of phenolic OH excluding ortho intramolecular Hbond substituents is 1. The third-order valence-electron chi connectivity index (χ3n) is 4.73. The third kappa shape index (κ3) is 2.79. The summed E-state index contributed by atoms with van der Waals surface area (Å²) < 4.78 is 8.29. The third-order valence-corrected chi connectivity index (χ3v) is 5.22. The highest BCUT2D eigenvalue weighted by atomic mass is 79.9. The molecule has 136 valence electrons. The molecule has 0 bridgehead atoms. The molecule has 4 rings (SSSR count). The molecule has 0 aliphatic rings. The molecule has 0 unspecified atom stereocenters. The van der Waals surface area contributed by atoms with Crippen molar-refractivity contribution in [2.45, 2.75) is 13.8 Å². The molecule has 0 saturated carbocycles. The SMILES string of the molecule is CCOC(=O)c1c(C)n(-c2cccc(Br)c2)c2c1cc(O)c1ccccc12.